The lowest BCUT2D eigenvalue weighted by Crippen LogP contribution is -2.36. The highest BCUT2D eigenvalue weighted by molar-refractivity contribution is 8.08. The van der Waals surface area contributed by atoms with Crippen LogP contribution in [0.3, 0.4) is 0 Å². The Bertz CT molecular complexity index is 1720. The van der Waals surface area contributed by atoms with Crippen LogP contribution >= 0.6 is 23.1 Å². The number of anilines is 2. The zero-order valence-electron chi connectivity index (χ0n) is 22.5. The molecule has 0 radical (unpaired) electrons. The van der Waals surface area contributed by atoms with Gasteiger partial charge in [0.15, 0.2) is 17.5 Å². The number of H-pyrrole nitrogens is 1. The Kier molecular flexibility index (Phi) is 6.50. The molecule has 2 fully saturated rings. The van der Waals surface area contributed by atoms with Crippen LogP contribution in [0, 0.1) is 18.7 Å². The van der Waals surface area contributed by atoms with Crippen LogP contribution in [0.2, 0.25) is 0 Å². The molecule has 1 unspecified atom stereocenters. The number of hydrogen-bond donors (Lipinski definition) is 3. The Balaban J connectivity index is 0.971. The van der Waals surface area contributed by atoms with Gasteiger partial charge < -0.3 is 10.6 Å². The molecule has 1 saturated heterocycles. The largest absolute Gasteiger partial charge is 0.342 e. The molecule has 210 valence electrons. The molecule has 41 heavy (non-hydrogen) atoms. The van der Waals surface area contributed by atoms with Crippen LogP contribution in [0.5, 0.6) is 0 Å². The number of thioether (sulfide) groups is 1. The number of halogens is 1. The number of rotatable bonds is 7. The van der Waals surface area contributed by atoms with Gasteiger partial charge in [-0.25, -0.2) is 24.0 Å². The second-order valence-corrected chi connectivity index (χ2v) is 13.3. The number of carbonyl (C=O) groups is 1. The van der Waals surface area contributed by atoms with E-state index < -0.39 is 5.82 Å². The molecule has 0 aromatic carbocycles. The summed E-state index contributed by atoms with van der Waals surface area (Å²) in [4.78, 5) is 28.4. The average molecular weight is 590 g/mol. The third-order valence-corrected chi connectivity index (χ3v) is 10.3. The standard InChI is InChI=1S/C28H28FN9OS2/c1-15-11-21(37-36-15)32-24-20-9-10-40-26(20)34-23(33-24)16-3-5-17(6-4-16)25(39)35-27-28(2,41-27)18-7-8-22(30-12-18)38-14-19(29)13-31-38/h7-14,16-17,27H,3-6H2,1-2H3,(H,35,39)(H2,32,33,34,36,37)/t16?,17?,27?,28-/m0/s1. The molecule has 1 amide bonds. The van der Waals surface area contributed by atoms with Gasteiger partial charge in [-0.1, -0.05) is 6.07 Å². The van der Waals surface area contributed by atoms with Crippen molar-refractivity contribution in [3.8, 4) is 5.82 Å². The zero-order chi connectivity index (χ0) is 28.1. The van der Waals surface area contributed by atoms with E-state index in [2.05, 4.69) is 37.8 Å². The first-order valence-electron chi connectivity index (χ1n) is 13.5. The Morgan fingerprint density at radius 1 is 1.17 bits per heavy atom. The molecule has 5 aromatic heterocycles. The van der Waals surface area contributed by atoms with Crippen molar-refractivity contribution in [2.75, 3.05) is 5.32 Å². The van der Waals surface area contributed by atoms with Crippen molar-refractivity contribution in [1.29, 1.82) is 0 Å². The lowest BCUT2D eigenvalue weighted by atomic mass is 9.81. The molecule has 1 saturated carbocycles. The quantitative estimate of drug-likeness (QED) is 0.211. The maximum Gasteiger partial charge on any atom is 0.224 e. The van der Waals surface area contributed by atoms with E-state index in [0.717, 1.165) is 70.8 Å². The lowest BCUT2D eigenvalue weighted by Gasteiger charge is -2.27. The minimum absolute atomic E-state index is 0.00796. The summed E-state index contributed by atoms with van der Waals surface area (Å²) in [7, 11) is 0. The van der Waals surface area contributed by atoms with Gasteiger partial charge in [0, 0.05) is 29.8 Å². The summed E-state index contributed by atoms with van der Waals surface area (Å²) in [5, 5.41) is 20.8. The first kappa shape index (κ1) is 26.1. The van der Waals surface area contributed by atoms with Gasteiger partial charge >= 0.3 is 0 Å². The van der Waals surface area contributed by atoms with Crippen LogP contribution in [-0.2, 0) is 9.54 Å². The van der Waals surface area contributed by atoms with Crippen molar-refractivity contribution >= 4 is 50.9 Å². The summed E-state index contributed by atoms with van der Waals surface area (Å²) >= 11 is 3.31. The monoisotopic (exact) mass is 589 g/mol. The summed E-state index contributed by atoms with van der Waals surface area (Å²) in [5.41, 5.74) is 1.99. The van der Waals surface area contributed by atoms with Crippen LogP contribution in [-0.4, -0.2) is 46.2 Å². The van der Waals surface area contributed by atoms with Gasteiger partial charge in [0.2, 0.25) is 5.91 Å². The molecule has 2 atom stereocenters. The number of hydrogen-bond acceptors (Lipinski definition) is 9. The van der Waals surface area contributed by atoms with E-state index in [4.69, 9.17) is 9.97 Å². The molecule has 1 aliphatic heterocycles. The van der Waals surface area contributed by atoms with E-state index in [0.29, 0.717) is 5.82 Å². The normalized spacial score (nSPS) is 23.9. The van der Waals surface area contributed by atoms with Crippen LogP contribution in [0.15, 0.2) is 48.2 Å². The van der Waals surface area contributed by atoms with Crippen molar-refractivity contribution in [2.24, 2.45) is 5.92 Å². The highest BCUT2D eigenvalue weighted by atomic mass is 32.2. The van der Waals surface area contributed by atoms with Gasteiger partial charge in [0.05, 0.1) is 27.9 Å². The molecule has 5 aromatic rings. The summed E-state index contributed by atoms with van der Waals surface area (Å²) in [5.74, 6) is 2.75. The number of aromatic nitrogens is 7. The number of thiophene rings is 1. The SMILES string of the molecule is Cc1cc(Nc2nc(C3CCC(C(=O)NC4S[C@@]4(C)c4ccc(-n5cc(F)cn5)nc4)CC3)nc3sccc23)n[nH]1. The number of pyridine rings is 1. The highest BCUT2D eigenvalue weighted by Gasteiger charge is 2.54. The van der Waals surface area contributed by atoms with Gasteiger partial charge in [-0.05, 0) is 62.6 Å². The second-order valence-electron chi connectivity index (χ2n) is 10.8. The molecule has 1 aliphatic carbocycles. The number of amides is 1. The predicted octanol–water partition coefficient (Wildman–Crippen LogP) is 5.56. The molecular formula is C28H28FN9OS2. The van der Waals surface area contributed by atoms with E-state index in [1.807, 2.05) is 36.6 Å². The fourth-order valence-corrected chi connectivity index (χ4v) is 7.27. The maximum absolute atomic E-state index is 13.3. The lowest BCUT2D eigenvalue weighted by molar-refractivity contribution is -0.126. The summed E-state index contributed by atoms with van der Waals surface area (Å²) in [6.07, 6.45) is 7.55. The summed E-state index contributed by atoms with van der Waals surface area (Å²) in [6.45, 7) is 4.07. The van der Waals surface area contributed by atoms with E-state index in [-0.39, 0.29) is 27.9 Å². The number of aryl methyl sites for hydroxylation is 1. The summed E-state index contributed by atoms with van der Waals surface area (Å²) in [6, 6.07) is 7.76. The Hall–Kier alpha value is -3.84. The van der Waals surface area contributed by atoms with Gasteiger partial charge in [-0.15, -0.1) is 23.1 Å². The van der Waals surface area contributed by atoms with Gasteiger partial charge in [-0.3, -0.25) is 9.89 Å². The van der Waals surface area contributed by atoms with Gasteiger partial charge in [0.1, 0.15) is 16.5 Å². The third kappa shape index (κ3) is 5.08. The second kappa shape index (κ2) is 10.2. The molecule has 3 N–H and O–H groups in total. The van der Waals surface area contributed by atoms with Crippen LogP contribution in [0.1, 0.15) is 55.6 Å². The molecule has 0 spiro atoms. The highest BCUT2D eigenvalue weighted by Crippen LogP contribution is 2.59. The van der Waals surface area contributed by atoms with E-state index in [9.17, 15) is 9.18 Å². The molecule has 0 bridgehead atoms. The molecule has 6 heterocycles. The van der Waals surface area contributed by atoms with Crippen molar-refractivity contribution in [3.05, 3.63) is 71.1 Å². The molecule has 13 heteroatoms. The van der Waals surface area contributed by atoms with Crippen LogP contribution in [0.4, 0.5) is 16.0 Å². The maximum atomic E-state index is 13.3. The Morgan fingerprint density at radius 2 is 2.02 bits per heavy atom. The first-order valence-corrected chi connectivity index (χ1v) is 15.3. The Labute approximate surface area is 243 Å². The van der Waals surface area contributed by atoms with Crippen LogP contribution < -0.4 is 10.6 Å². The number of carbonyl (C=O) groups excluding carboxylic acids is 1. The number of nitrogens with one attached hydrogen (secondary N) is 3. The molecule has 10 nitrogen and oxygen atoms in total. The average Bonchev–Trinajstić information content (AvgIpc) is 3.43. The van der Waals surface area contributed by atoms with E-state index >= 15 is 0 Å². The predicted molar refractivity (Wildman–Crippen MR) is 157 cm³/mol. The van der Waals surface area contributed by atoms with Gasteiger partial charge in [0.25, 0.3) is 0 Å². The number of fused-ring (bicyclic) bond motifs is 1. The van der Waals surface area contributed by atoms with Crippen molar-refractivity contribution < 1.29 is 9.18 Å². The Morgan fingerprint density at radius 3 is 2.73 bits per heavy atom. The molecular weight excluding hydrogens is 562 g/mol. The zero-order valence-corrected chi connectivity index (χ0v) is 24.1. The fourth-order valence-electron chi connectivity index (χ4n) is 5.45. The van der Waals surface area contributed by atoms with Crippen LogP contribution in [0.25, 0.3) is 16.0 Å². The molecule has 2 aliphatic rings. The minimum Gasteiger partial charge on any atom is -0.342 e. The van der Waals surface area contributed by atoms with Crippen molar-refractivity contribution in [2.45, 2.75) is 55.6 Å². The topological polar surface area (TPSA) is 126 Å². The van der Waals surface area contributed by atoms with Crippen molar-refractivity contribution in [1.82, 2.24) is 40.2 Å². The third-order valence-electron chi connectivity index (χ3n) is 7.94. The fraction of sp³-hybridized carbons (Fsp3) is 0.357. The smallest absolute Gasteiger partial charge is 0.224 e. The summed E-state index contributed by atoms with van der Waals surface area (Å²) < 4.78 is 14.5. The van der Waals surface area contributed by atoms with Gasteiger partial charge in [-0.2, -0.15) is 10.2 Å². The van der Waals surface area contributed by atoms with Crippen molar-refractivity contribution in [3.63, 3.8) is 0 Å². The number of aromatic amines is 1. The van der Waals surface area contributed by atoms with E-state index in [1.165, 1.54) is 10.9 Å². The number of nitrogens with zero attached hydrogens (tertiary/aromatic N) is 6. The molecule has 7 rings (SSSR count). The first-order chi connectivity index (χ1) is 19.9. The van der Waals surface area contributed by atoms with E-state index in [1.54, 1.807) is 29.3 Å². The minimum atomic E-state index is -0.407.